The molecule has 6 rings (SSSR count). The zero-order valence-electron chi connectivity index (χ0n) is 17.5. The van der Waals surface area contributed by atoms with Gasteiger partial charge in [-0.1, -0.05) is 121 Å². The second kappa shape index (κ2) is 7.51. The Morgan fingerprint density at radius 1 is 0.438 bits per heavy atom. The lowest BCUT2D eigenvalue weighted by Gasteiger charge is -2.34. The van der Waals surface area contributed by atoms with Gasteiger partial charge in [0.2, 0.25) is 0 Å². The standard InChI is InChI=1S/C31H21Cl/c32-26-15-9-10-22(20-26)23-18-19-28-27-16-7-8-17-29(27)31(30(28)21-23,24-11-3-1-4-12-24)25-13-5-2-6-14-25/h1-21H. The molecule has 0 atom stereocenters. The maximum absolute atomic E-state index is 6.33. The van der Waals surface area contributed by atoms with Crippen molar-refractivity contribution < 1.29 is 0 Å². The molecule has 1 aliphatic rings. The van der Waals surface area contributed by atoms with Crippen LogP contribution < -0.4 is 0 Å². The van der Waals surface area contributed by atoms with Crippen molar-refractivity contribution in [1.82, 2.24) is 0 Å². The summed E-state index contributed by atoms with van der Waals surface area (Å²) in [6.45, 7) is 0. The van der Waals surface area contributed by atoms with Crippen molar-refractivity contribution in [2.45, 2.75) is 5.41 Å². The van der Waals surface area contributed by atoms with Crippen LogP contribution in [0, 0.1) is 0 Å². The second-order valence-corrected chi connectivity index (χ2v) is 8.73. The number of fused-ring (bicyclic) bond motifs is 3. The number of hydrogen-bond donors (Lipinski definition) is 0. The van der Waals surface area contributed by atoms with Crippen LogP contribution in [0.5, 0.6) is 0 Å². The minimum Gasteiger partial charge on any atom is -0.0843 e. The highest BCUT2D eigenvalue weighted by Crippen LogP contribution is 2.56. The Balaban J connectivity index is 1.73. The van der Waals surface area contributed by atoms with Crippen molar-refractivity contribution in [2.24, 2.45) is 0 Å². The maximum Gasteiger partial charge on any atom is 0.0713 e. The molecule has 32 heavy (non-hydrogen) atoms. The number of hydrogen-bond acceptors (Lipinski definition) is 0. The third kappa shape index (κ3) is 2.77. The minimum atomic E-state index is -0.372. The molecule has 0 fully saturated rings. The molecular formula is C31H21Cl. The lowest BCUT2D eigenvalue weighted by Crippen LogP contribution is -2.28. The highest BCUT2D eigenvalue weighted by atomic mass is 35.5. The van der Waals surface area contributed by atoms with Crippen molar-refractivity contribution in [3.63, 3.8) is 0 Å². The van der Waals surface area contributed by atoms with Crippen LogP contribution in [0.1, 0.15) is 22.3 Å². The van der Waals surface area contributed by atoms with E-state index in [1.807, 2.05) is 18.2 Å². The molecule has 0 radical (unpaired) electrons. The monoisotopic (exact) mass is 428 g/mol. The van der Waals surface area contributed by atoms with Crippen LogP contribution in [0.15, 0.2) is 127 Å². The summed E-state index contributed by atoms with van der Waals surface area (Å²) in [5.41, 5.74) is 9.72. The van der Waals surface area contributed by atoms with E-state index in [4.69, 9.17) is 11.6 Å². The Bertz CT molecular complexity index is 1380. The van der Waals surface area contributed by atoms with Crippen molar-refractivity contribution in [3.05, 3.63) is 155 Å². The zero-order chi connectivity index (χ0) is 21.5. The van der Waals surface area contributed by atoms with E-state index in [9.17, 15) is 0 Å². The smallest absolute Gasteiger partial charge is 0.0713 e. The van der Waals surface area contributed by atoms with E-state index in [0.29, 0.717) is 0 Å². The molecule has 0 aliphatic heterocycles. The Morgan fingerprint density at radius 2 is 1.03 bits per heavy atom. The summed E-state index contributed by atoms with van der Waals surface area (Å²) in [5, 5.41) is 0.753. The third-order valence-corrected chi connectivity index (χ3v) is 6.85. The predicted molar refractivity (Wildman–Crippen MR) is 134 cm³/mol. The quantitative estimate of drug-likeness (QED) is 0.265. The molecule has 1 aliphatic carbocycles. The van der Waals surface area contributed by atoms with Gasteiger partial charge in [-0.3, -0.25) is 0 Å². The van der Waals surface area contributed by atoms with Crippen LogP contribution in [-0.2, 0) is 5.41 Å². The molecule has 1 heteroatoms. The molecule has 0 bridgehead atoms. The molecular weight excluding hydrogens is 408 g/mol. The molecule has 0 nitrogen and oxygen atoms in total. The van der Waals surface area contributed by atoms with E-state index in [0.717, 1.165) is 10.6 Å². The third-order valence-electron chi connectivity index (χ3n) is 6.62. The Kier molecular flexibility index (Phi) is 4.48. The summed E-state index contributed by atoms with van der Waals surface area (Å²) in [6.07, 6.45) is 0. The van der Waals surface area contributed by atoms with Gasteiger partial charge >= 0.3 is 0 Å². The summed E-state index contributed by atoms with van der Waals surface area (Å²) in [4.78, 5) is 0. The van der Waals surface area contributed by atoms with Crippen LogP contribution in [0.4, 0.5) is 0 Å². The predicted octanol–water partition coefficient (Wildman–Crippen LogP) is 8.37. The number of rotatable bonds is 3. The highest BCUT2D eigenvalue weighted by Gasteiger charge is 2.45. The molecule has 0 unspecified atom stereocenters. The number of benzene rings is 5. The van der Waals surface area contributed by atoms with Crippen molar-refractivity contribution in [2.75, 3.05) is 0 Å². The first-order valence-electron chi connectivity index (χ1n) is 10.9. The minimum absolute atomic E-state index is 0.372. The van der Waals surface area contributed by atoms with Crippen LogP contribution in [-0.4, -0.2) is 0 Å². The first kappa shape index (κ1) is 19.1. The fourth-order valence-corrected chi connectivity index (χ4v) is 5.48. The molecule has 0 saturated carbocycles. The fraction of sp³-hybridized carbons (Fsp3) is 0.0323. The summed E-state index contributed by atoms with van der Waals surface area (Å²) in [7, 11) is 0. The molecule has 0 heterocycles. The maximum atomic E-state index is 6.33. The van der Waals surface area contributed by atoms with E-state index in [1.165, 1.54) is 38.9 Å². The lowest BCUT2D eigenvalue weighted by atomic mass is 9.67. The lowest BCUT2D eigenvalue weighted by molar-refractivity contribution is 0.769. The van der Waals surface area contributed by atoms with E-state index in [2.05, 4.69) is 109 Å². The highest BCUT2D eigenvalue weighted by molar-refractivity contribution is 6.30. The summed E-state index contributed by atoms with van der Waals surface area (Å²) < 4.78 is 0. The van der Waals surface area contributed by atoms with Gasteiger partial charge < -0.3 is 0 Å². The van der Waals surface area contributed by atoms with Crippen LogP contribution in [0.3, 0.4) is 0 Å². The van der Waals surface area contributed by atoms with E-state index < -0.39 is 0 Å². The largest absolute Gasteiger partial charge is 0.0843 e. The molecule has 0 N–H and O–H groups in total. The van der Waals surface area contributed by atoms with Crippen molar-refractivity contribution in [1.29, 1.82) is 0 Å². The SMILES string of the molecule is Clc1cccc(-c2ccc3c(c2)C(c2ccccc2)(c2ccccc2)c2ccccc2-3)c1. The first-order valence-corrected chi connectivity index (χ1v) is 11.3. The fourth-order valence-electron chi connectivity index (χ4n) is 5.29. The Morgan fingerprint density at radius 3 is 1.72 bits per heavy atom. The van der Waals surface area contributed by atoms with Gasteiger partial charge in [-0.2, -0.15) is 0 Å². The number of halogens is 1. The Hall–Kier alpha value is -3.61. The summed E-state index contributed by atoms with van der Waals surface area (Å²) in [6, 6.07) is 45.6. The van der Waals surface area contributed by atoms with E-state index in [1.54, 1.807) is 0 Å². The molecule has 5 aromatic rings. The average molecular weight is 429 g/mol. The molecule has 0 saturated heterocycles. The van der Waals surface area contributed by atoms with Crippen molar-refractivity contribution >= 4 is 11.6 Å². The second-order valence-electron chi connectivity index (χ2n) is 8.30. The first-order chi connectivity index (χ1) is 15.8. The van der Waals surface area contributed by atoms with Gasteiger partial charge in [-0.25, -0.2) is 0 Å². The van der Waals surface area contributed by atoms with Crippen LogP contribution >= 0.6 is 11.6 Å². The summed E-state index contributed by atoms with van der Waals surface area (Å²) >= 11 is 6.33. The van der Waals surface area contributed by atoms with Gasteiger partial charge in [0, 0.05) is 5.02 Å². The molecule has 152 valence electrons. The van der Waals surface area contributed by atoms with Gasteiger partial charge in [0.1, 0.15) is 0 Å². The topological polar surface area (TPSA) is 0 Å². The van der Waals surface area contributed by atoms with E-state index >= 15 is 0 Å². The molecule has 0 aromatic heterocycles. The van der Waals surface area contributed by atoms with Gasteiger partial charge in [0.25, 0.3) is 0 Å². The van der Waals surface area contributed by atoms with Gasteiger partial charge in [0.05, 0.1) is 5.41 Å². The van der Waals surface area contributed by atoms with Gasteiger partial charge in [-0.05, 0) is 62.7 Å². The summed E-state index contributed by atoms with van der Waals surface area (Å²) in [5.74, 6) is 0. The van der Waals surface area contributed by atoms with Crippen LogP contribution in [0.25, 0.3) is 22.3 Å². The zero-order valence-corrected chi connectivity index (χ0v) is 18.3. The molecule has 0 spiro atoms. The molecule has 5 aromatic carbocycles. The Labute approximate surface area is 193 Å². The van der Waals surface area contributed by atoms with Gasteiger partial charge in [0.15, 0.2) is 0 Å². The van der Waals surface area contributed by atoms with Crippen LogP contribution in [0.2, 0.25) is 5.02 Å². The van der Waals surface area contributed by atoms with Crippen molar-refractivity contribution in [3.8, 4) is 22.3 Å². The van der Waals surface area contributed by atoms with Gasteiger partial charge in [-0.15, -0.1) is 0 Å². The average Bonchev–Trinajstić information content (AvgIpc) is 3.16. The molecule has 0 amide bonds. The normalized spacial score (nSPS) is 13.4. The van der Waals surface area contributed by atoms with E-state index in [-0.39, 0.29) is 5.41 Å².